The van der Waals surface area contributed by atoms with Crippen molar-refractivity contribution in [3.63, 3.8) is 0 Å². The molecule has 1 aliphatic rings. The van der Waals surface area contributed by atoms with Crippen molar-refractivity contribution in [3.05, 3.63) is 64.5 Å². The number of guanidine groups is 1. The summed E-state index contributed by atoms with van der Waals surface area (Å²) in [5.74, 6) is 1.18. The average molecular weight is 357 g/mol. The molecular weight excluding hydrogens is 333 g/mol. The van der Waals surface area contributed by atoms with Gasteiger partial charge in [-0.05, 0) is 42.2 Å². The second-order valence-electron chi connectivity index (χ2n) is 6.19. The van der Waals surface area contributed by atoms with E-state index in [1.807, 2.05) is 12.1 Å². The van der Waals surface area contributed by atoms with E-state index in [4.69, 9.17) is 9.47 Å². The van der Waals surface area contributed by atoms with Crippen LogP contribution < -0.4 is 15.4 Å². The van der Waals surface area contributed by atoms with Crippen molar-refractivity contribution in [2.24, 2.45) is 4.99 Å². The fourth-order valence-corrected chi connectivity index (χ4v) is 2.97. The molecule has 0 unspecified atom stereocenters. The molecule has 0 amide bonds. The fourth-order valence-electron chi connectivity index (χ4n) is 2.97. The Hall–Kier alpha value is -2.60. The van der Waals surface area contributed by atoms with Gasteiger partial charge in [0.2, 0.25) is 0 Å². The van der Waals surface area contributed by atoms with Crippen LogP contribution in [0.5, 0.6) is 5.75 Å². The van der Waals surface area contributed by atoms with Crippen molar-refractivity contribution < 1.29 is 13.9 Å². The van der Waals surface area contributed by atoms with E-state index in [9.17, 15) is 4.39 Å². The lowest BCUT2D eigenvalue weighted by Crippen LogP contribution is -2.38. The lowest BCUT2D eigenvalue weighted by atomic mass is 10.1. The first-order chi connectivity index (χ1) is 12.7. The van der Waals surface area contributed by atoms with Crippen molar-refractivity contribution in [3.8, 4) is 5.75 Å². The highest BCUT2D eigenvalue weighted by atomic mass is 19.1. The largest absolute Gasteiger partial charge is 0.467 e. The van der Waals surface area contributed by atoms with Crippen LogP contribution in [0.3, 0.4) is 0 Å². The van der Waals surface area contributed by atoms with Gasteiger partial charge in [0.15, 0.2) is 12.8 Å². The number of hydrogen-bond acceptors (Lipinski definition) is 3. The lowest BCUT2D eigenvalue weighted by Gasteiger charge is -2.21. The molecule has 3 rings (SSSR count). The number of ether oxygens (including phenoxy) is 2. The maximum atomic E-state index is 13.8. The fraction of sp³-hybridized carbons (Fsp3) is 0.350. The monoisotopic (exact) mass is 357 g/mol. The number of aliphatic imine (C=N–C) groups is 1. The van der Waals surface area contributed by atoms with Crippen LogP contribution in [0.4, 0.5) is 4.39 Å². The Morgan fingerprint density at radius 1 is 1.19 bits per heavy atom. The third-order valence-electron chi connectivity index (χ3n) is 4.37. The highest BCUT2D eigenvalue weighted by Crippen LogP contribution is 2.29. The Bertz CT molecular complexity index is 793. The predicted molar refractivity (Wildman–Crippen MR) is 99.8 cm³/mol. The highest BCUT2D eigenvalue weighted by Gasteiger charge is 2.16. The molecule has 1 aliphatic heterocycles. The van der Waals surface area contributed by atoms with Crippen molar-refractivity contribution in [1.29, 1.82) is 0 Å². The van der Waals surface area contributed by atoms with Crippen LogP contribution in [0.15, 0.2) is 41.4 Å². The van der Waals surface area contributed by atoms with Crippen LogP contribution in [0.25, 0.3) is 0 Å². The van der Waals surface area contributed by atoms with Gasteiger partial charge in [0.25, 0.3) is 0 Å². The van der Waals surface area contributed by atoms with E-state index in [0.717, 1.165) is 16.9 Å². The molecule has 5 nitrogen and oxygen atoms in total. The zero-order valence-corrected chi connectivity index (χ0v) is 15.1. The summed E-state index contributed by atoms with van der Waals surface area (Å²) in [6, 6.07) is 11.2. The first kappa shape index (κ1) is 18.2. The second-order valence-corrected chi connectivity index (χ2v) is 6.19. The second kappa shape index (κ2) is 8.67. The summed E-state index contributed by atoms with van der Waals surface area (Å²) in [5.41, 5.74) is 4.06. The molecule has 1 heterocycles. The van der Waals surface area contributed by atoms with E-state index in [1.165, 1.54) is 23.3 Å². The Morgan fingerprint density at radius 3 is 2.85 bits per heavy atom. The van der Waals surface area contributed by atoms with Crippen molar-refractivity contribution in [1.82, 2.24) is 10.6 Å². The van der Waals surface area contributed by atoms with Gasteiger partial charge in [-0.1, -0.05) is 24.3 Å². The molecule has 2 aromatic rings. The molecule has 138 valence electrons. The molecular formula is C20H24FN3O2. The van der Waals surface area contributed by atoms with Crippen LogP contribution in [0.2, 0.25) is 0 Å². The summed E-state index contributed by atoms with van der Waals surface area (Å²) in [4.78, 5) is 4.24. The van der Waals surface area contributed by atoms with Crippen LogP contribution in [0.1, 0.15) is 22.3 Å². The van der Waals surface area contributed by atoms with E-state index < -0.39 is 0 Å². The smallest absolute Gasteiger partial charge is 0.191 e. The molecule has 0 fully saturated rings. The summed E-state index contributed by atoms with van der Waals surface area (Å²) in [7, 11) is 1.73. The van der Waals surface area contributed by atoms with Gasteiger partial charge >= 0.3 is 0 Å². The number of rotatable bonds is 5. The highest BCUT2D eigenvalue weighted by molar-refractivity contribution is 5.79. The molecule has 2 N–H and O–H groups in total. The first-order valence-corrected chi connectivity index (χ1v) is 8.68. The van der Waals surface area contributed by atoms with Gasteiger partial charge in [0, 0.05) is 25.7 Å². The zero-order valence-electron chi connectivity index (χ0n) is 15.1. The topological polar surface area (TPSA) is 54.9 Å². The molecule has 0 saturated carbocycles. The summed E-state index contributed by atoms with van der Waals surface area (Å²) < 4.78 is 24.6. The number of halogens is 1. The minimum Gasteiger partial charge on any atom is -0.467 e. The van der Waals surface area contributed by atoms with Gasteiger partial charge < -0.3 is 20.1 Å². The van der Waals surface area contributed by atoms with Crippen LogP contribution in [0, 0.1) is 12.7 Å². The van der Waals surface area contributed by atoms with Gasteiger partial charge in [0.05, 0.1) is 6.61 Å². The number of nitrogens with zero attached hydrogens (tertiary/aromatic N) is 1. The third-order valence-corrected chi connectivity index (χ3v) is 4.37. The van der Waals surface area contributed by atoms with Crippen molar-refractivity contribution in [2.45, 2.75) is 26.5 Å². The SMILES string of the molecule is CN=C(NCCc1cc(F)cc2c1OCOC2)NCc1ccccc1C. The summed E-state index contributed by atoms with van der Waals surface area (Å²) >= 11 is 0. The molecule has 0 radical (unpaired) electrons. The summed E-state index contributed by atoms with van der Waals surface area (Å²) in [5, 5.41) is 6.56. The molecule has 0 bridgehead atoms. The van der Waals surface area contributed by atoms with Gasteiger partial charge in [-0.25, -0.2) is 4.39 Å². The molecule has 6 heteroatoms. The van der Waals surface area contributed by atoms with Crippen molar-refractivity contribution >= 4 is 5.96 Å². The van der Waals surface area contributed by atoms with E-state index >= 15 is 0 Å². The number of benzene rings is 2. The van der Waals surface area contributed by atoms with E-state index in [1.54, 1.807) is 7.05 Å². The lowest BCUT2D eigenvalue weighted by molar-refractivity contribution is -0.0172. The maximum absolute atomic E-state index is 13.8. The van der Waals surface area contributed by atoms with Crippen LogP contribution >= 0.6 is 0 Å². The summed E-state index contributed by atoms with van der Waals surface area (Å²) in [6.45, 7) is 3.99. The standard InChI is InChI=1S/C20H24FN3O2/c1-14-5-3-4-6-16(14)11-24-20(22-2)23-8-7-15-9-18(21)10-17-12-25-13-26-19(15)17/h3-6,9-10H,7-8,11-13H2,1-2H3,(H2,22,23,24). The summed E-state index contributed by atoms with van der Waals surface area (Å²) in [6.07, 6.45) is 0.630. The number of nitrogens with one attached hydrogen (secondary N) is 2. The van der Waals surface area contributed by atoms with Gasteiger partial charge in [0.1, 0.15) is 11.6 Å². The number of hydrogen-bond donors (Lipinski definition) is 2. The molecule has 26 heavy (non-hydrogen) atoms. The molecule has 0 saturated heterocycles. The zero-order chi connectivity index (χ0) is 18.4. The minimum atomic E-state index is -0.269. The van der Waals surface area contributed by atoms with Gasteiger partial charge in [-0.3, -0.25) is 4.99 Å². The number of aryl methyl sites for hydroxylation is 1. The Balaban J connectivity index is 1.55. The van der Waals surface area contributed by atoms with Gasteiger partial charge in [-0.15, -0.1) is 0 Å². The predicted octanol–water partition coefficient (Wildman–Crippen LogP) is 2.91. The Labute approximate surface area is 153 Å². The number of fused-ring (bicyclic) bond motifs is 1. The van der Waals surface area contributed by atoms with E-state index in [-0.39, 0.29) is 12.6 Å². The van der Waals surface area contributed by atoms with Crippen LogP contribution in [-0.4, -0.2) is 26.3 Å². The molecule has 0 spiro atoms. The van der Waals surface area contributed by atoms with Crippen LogP contribution in [-0.2, 0) is 24.3 Å². The molecule has 0 atom stereocenters. The Morgan fingerprint density at radius 2 is 2.04 bits per heavy atom. The first-order valence-electron chi connectivity index (χ1n) is 8.68. The molecule has 0 aliphatic carbocycles. The minimum absolute atomic E-state index is 0.207. The molecule has 2 aromatic carbocycles. The van der Waals surface area contributed by atoms with Crippen molar-refractivity contribution in [2.75, 3.05) is 20.4 Å². The van der Waals surface area contributed by atoms with E-state index in [2.05, 4.69) is 34.7 Å². The van der Waals surface area contributed by atoms with Gasteiger partial charge in [-0.2, -0.15) is 0 Å². The normalized spacial score (nSPS) is 13.7. The Kier molecular flexibility index (Phi) is 6.07. The molecule has 0 aromatic heterocycles. The third kappa shape index (κ3) is 4.52. The quantitative estimate of drug-likeness (QED) is 0.638. The van der Waals surface area contributed by atoms with E-state index in [0.29, 0.717) is 32.1 Å². The average Bonchev–Trinajstić information content (AvgIpc) is 2.65. The maximum Gasteiger partial charge on any atom is 0.191 e.